The lowest BCUT2D eigenvalue weighted by molar-refractivity contribution is 0.0544. The molecule has 1 aliphatic heterocycles. The quantitative estimate of drug-likeness (QED) is 0.561. The van der Waals surface area contributed by atoms with Crippen LogP contribution in [0.3, 0.4) is 0 Å². The molecule has 1 atom stereocenters. The van der Waals surface area contributed by atoms with Gasteiger partial charge in [0.25, 0.3) is 0 Å². The van der Waals surface area contributed by atoms with Crippen molar-refractivity contribution in [1.29, 1.82) is 0 Å². The maximum Gasteiger partial charge on any atom is 0.466 e. The first kappa shape index (κ1) is 20.0. The molecule has 3 N–H and O–H groups in total. The van der Waals surface area contributed by atoms with E-state index in [9.17, 15) is 8.42 Å². The van der Waals surface area contributed by atoms with E-state index in [1.807, 2.05) is 0 Å². The lowest BCUT2D eigenvalue weighted by Crippen LogP contribution is -2.29. The van der Waals surface area contributed by atoms with Gasteiger partial charge in [0.2, 0.25) is 0 Å². The molecular formula is C10H24NO7PS. The lowest BCUT2D eigenvalue weighted by atomic mass is 10.3. The van der Waals surface area contributed by atoms with Crippen LogP contribution in [0.5, 0.6) is 0 Å². The van der Waals surface area contributed by atoms with E-state index in [4.69, 9.17) is 24.0 Å². The summed E-state index contributed by atoms with van der Waals surface area (Å²) in [6.07, 6.45) is 0.603. The first-order valence-corrected chi connectivity index (χ1v) is 9.78. The van der Waals surface area contributed by atoms with Gasteiger partial charge in [0, 0.05) is 6.54 Å². The average molecular weight is 333 g/mol. The number of hydrogen-bond acceptors (Lipinski definition) is 5. The van der Waals surface area contributed by atoms with Gasteiger partial charge in [-0.05, 0) is 19.5 Å². The molecule has 20 heavy (non-hydrogen) atoms. The summed E-state index contributed by atoms with van der Waals surface area (Å²) in [5.41, 5.74) is 0. The summed E-state index contributed by atoms with van der Waals surface area (Å²) in [6.45, 7) is 7.80. The summed E-state index contributed by atoms with van der Waals surface area (Å²) >= 11 is 0. The lowest BCUT2D eigenvalue weighted by Gasteiger charge is -2.19. The predicted molar refractivity (Wildman–Crippen MR) is 75.1 cm³/mol. The molecule has 0 spiro atoms. The molecule has 0 aliphatic carbocycles. The molecule has 0 bridgehead atoms. The Kier molecular flexibility index (Phi) is 9.08. The Labute approximate surface area is 119 Å². The van der Waals surface area contributed by atoms with Crippen LogP contribution in [0, 0.1) is 0 Å². The number of likely N-dealkylation sites (N-methyl/N-ethyl adjacent to an activating group) is 1. The summed E-state index contributed by atoms with van der Waals surface area (Å²) < 4.78 is 36.8. The van der Waals surface area contributed by atoms with Crippen molar-refractivity contribution in [2.24, 2.45) is 0 Å². The zero-order valence-corrected chi connectivity index (χ0v) is 13.5. The van der Waals surface area contributed by atoms with E-state index < -0.39 is 17.7 Å². The minimum absolute atomic E-state index is 0.0643. The normalized spacial score (nSPS) is 21.6. The van der Waals surface area contributed by atoms with Crippen molar-refractivity contribution in [1.82, 2.24) is 4.90 Å². The van der Waals surface area contributed by atoms with Crippen molar-refractivity contribution in [3.8, 4) is 0 Å². The summed E-state index contributed by atoms with van der Waals surface area (Å²) in [6, 6.07) is 0. The van der Waals surface area contributed by atoms with Gasteiger partial charge in [0.15, 0.2) is 9.84 Å². The molecule has 122 valence electrons. The van der Waals surface area contributed by atoms with E-state index in [0.717, 1.165) is 19.6 Å². The molecule has 1 heterocycles. The maximum atomic E-state index is 11.2. The van der Waals surface area contributed by atoms with E-state index in [2.05, 4.69) is 18.7 Å². The number of ether oxygens (including phenoxy) is 1. The highest BCUT2D eigenvalue weighted by Gasteiger charge is 2.28. The van der Waals surface area contributed by atoms with Crippen LogP contribution in [-0.4, -0.2) is 71.8 Å². The Morgan fingerprint density at radius 3 is 2.10 bits per heavy atom. The van der Waals surface area contributed by atoms with E-state index in [0.29, 0.717) is 18.8 Å². The van der Waals surface area contributed by atoms with Gasteiger partial charge in [0.05, 0.1) is 24.2 Å². The first-order valence-electron chi connectivity index (χ1n) is 6.40. The molecule has 1 aliphatic rings. The third-order valence-corrected chi connectivity index (χ3v) is 4.58. The number of nitrogens with zero attached hydrogens (tertiary/aromatic N) is 1. The third kappa shape index (κ3) is 11.8. The molecule has 0 aromatic heterocycles. The Hall–Kier alpha value is -0.0200. The summed E-state index contributed by atoms with van der Waals surface area (Å²) in [4.78, 5) is 23.8. The molecule has 1 rings (SSSR count). The van der Waals surface area contributed by atoms with E-state index in [1.54, 1.807) is 0 Å². The second-order valence-corrected chi connectivity index (χ2v) is 7.69. The number of hydrogen-bond donors (Lipinski definition) is 3. The van der Waals surface area contributed by atoms with Crippen molar-refractivity contribution in [2.75, 3.05) is 37.7 Å². The van der Waals surface area contributed by atoms with Crippen molar-refractivity contribution >= 4 is 17.7 Å². The van der Waals surface area contributed by atoms with E-state index >= 15 is 0 Å². The predicted octanol–water partition coefficient (Wildman–Crippen LogP) is -0.397. The SMILES string of the molecule is CCN(CC)CCOC1CCS(=O)(=O)C1.O=P(O)(O)O. The first-order chi connectivity index (χ1) is 9.07. The maximum absolute atomic E-state index is 11.2. The van der Waals surface area contributed by atoms with Crippen LogP contribution >= 0.6 is 7.82 Å². The van der Waals surface area contributed by atoms with E-state index in [1.165, 1.54) is 0 Å². The van der Waals surface area contributed by atoms with Gasteiger partial charge in [0.1, 0.15) is 0 Å². The molecular weight excluding hydrogens is 309 g/mol. The highest BCUT2D eigenvalue weighted by atomic mass is 32.2. The molecule has 0 aromatic rings. The molecule has 0 amide bonds. The summed E-state index contributed by atoms with van der Waals surface area (Å²) in [5, 5.41) is 0. The van der Waals surface area contributed by atoms with Gasteiger partial charge in [-0.25, -0.2) is 13.0 Å². The van der Waals surface area contributed by atoms with Crippen LogP contribution in [0.25, 0.3) is 0 Å². The fourth-order valence-corrected chi connectivity index (χ4v) is 3.40. The Morgan fingerprint density at radius 2 is 1.75 bits per heavy atom. The van der Waals surface area contributed by atoms with Gasteiger partial charge in [-0.15, -0.1) is 0 Å². The Morgan fingerprint density at radius 1 is 1.25 bits per heavy atom. The van der Waals surface area contributed by atoms with Crippen LogP contribution in [0.15, 0.2) is 0 Å². The highest BCUT2D eigenvalue weighted by molar-refractivity contribution is 7.91. The summed E-state index contributed by atoms with van der Waals surface area (Å²) in [7, 11) is -7.43. The van der Waals surface area contributed by atoms with Gasteiger partial charge < -0.3 is 24.3 Å². The standard InChI is InChI=1S/C10H21NO3S.H3O4P/c1-3-11(4-2)6-7-14-10-5-8-15(12,13)9-10;1-5(2,3)4/h10H,3-9H2,1-2H3;(H3,1,2,3,4). The topological polar surface area (TPSA) is 124 Å². The molecule has 8 nitrogen and oxygen atoms in total. The third-order valence-electron chi connectivity index (χ3n) is 2.85. The van der Waals surface area contributed by atoms with Crippen molar-refractivity contribution in [2.45, 2.75) is 26.4 Å². The zero-order valence-electron chi connectivity index (χ0n) is 11.8. The monoisotopic (exact) mass is 333 g/mol. The Bertz CT molecular complexity index is 396. The smallest absolute Gasteiger partial charge is 0.376 e. The molecule has 0 saturated carbocycles. The largest absolute Gasteiger partial charge is 0.466 e. The van der Waals surface area contributed by atoms with Gasteiger partial charge >= 0.3 is 7.82 Å². The molecule has 10 heteroatoms. The second kappa shape index (κ2) is 9.09. The average Bonchev–Trinajstić information content (AvgIpc) is 2.62. The minimum Gasteiger partial charge on any atom is -0.376 e. The second-order valence-electron chi connectivity index (χ2n) is 4.44. The zero-order chi connectivity index (χ0) is 15.8. The fraction of sp³-hybridized carbons (Fsp3) is 1.00. The van der Waals surface area contributed by atoms with Crippen molar-refractivity contribution < 1.29 is 32.4 Å². The molecule has 1 fully saturated rings. The number of rotatable bonds is 6. The Balaban J connectivity index is 0.000000621. The van der Waals surface area contributed by atoms with Crippen LogP contribution in [0.1, 0.15) is 20.3 Å². The van der Waals surface area contributed by atoms with Crippen LogP contribution in [0.4, 0.5) is 0 Å². The number of sulfone groups is 1. The summed E-state index contributed by atoms with van der Waals surface area (Å²) in [5.74, 6) is 0.508. The fourth-order valence-electron chi connectivity index (χ4n) is 1.78. The molecule has 0 radical (unpaired) electrons. The molecule has 0 aromatic carbocycles. The van der Waals surface area contributed by atoms with Crippen molar-refractivity contribution in [3.05, 3.63) is 0 Å². The van der Waals surface area contributed by atoms with Gasteiger partial charge in [-0.1, -0.05) is 13.8 Å². The van der Waals surface area contributed by atoms with Gasteiger partial charge in [-0.2, -0.15) is 0 Å². The molecule has 1 saturated heterocycles. The molecule has 1 unspecified atom stereocenters. The number of phosphoric acid groups is 1. The van der Waals surface area contributed by atoms with Crippen LogP contribution in [0.2, 0.25) is 0 Å². The van der Waals surface area contributed by atoms with Gasteiger partial charge in [-0.3, -0.25) is 0 Å². The van der Waals surface area contributed by atoms with Crippen LogP contribution in [-0.2, 0) is 19.1 Å². The minimum atomic E-state index is -4.64. The van der Waals surface area contributed by atoms with Crippen molar-refractivity contribution in [3.63, 3.8) is 0 Å². The van der Waals surface area contributed by atoms with E-state index in [-0.39, 0.29) is 11.9 Å². The van der Waals surface area contributed by atoms with Crippen LogP contribution < -0.4 is 0 Å². The highest BCUT2D eigenvalue weighted by Crippen LogP contribution is 2.25.